The molecule has 0 amide bonds. The third-order valence-electron chi connectivity index (χ3n) is 3.41. The summed E-state index contributed by atoms with van der Waals surface area (Å²) >= 11 is 0. The van der Waals surface area contributed by atoms with Crippen LogP contribution in [-0.4, -0.2) is 20.8 Å². The molecule has 1 heterocycles. The highest BCUT2D eigenvalue weighted by atomic mass is 16.4. The van der Waals surface area contributed by atoms with E-state index in [-0.39, 0.29) is 5.84 Å². The molecule has 100 valence electrons. The number of benzene rings is 1. The second-order valence-corrected chi connectivity index (χ2v) is 4.64. The SMILES string of the molecule is Cc1nn(Cc2cccc(/C(N)=N/O)c2)c(C)c1C. The zero-order valence-corrected chi connectivity index (χ0v) is 11.4. The molecule has 0 aliphatic carbocycles. The molecule has 2 aromatic rings. The van der Waals surface area contributed by atoms with Crippen molar-refractivity contribution in [3.8, 4) is 0 Å². The number of nitrogens with two attached hydrogens (primary N) is 1. The highest BCUT2D eigenvalue weighted by Crippen LogP contribution is 2.14. The van der Waals surface area contributed by atoms with E-state index in [2.05, 4.69) is 24.1 Å². The summed E-state index contributed by atoms with van der Waals surface area (Å²) in [5.74, 6) is 0.117. The molecule has 0 bridgehead atoms. The normalized spacial score (nSPS) is 11.8. The van der Waals surface area contributed by atoms with Crippen molar-refractivity contribution < 1.29 is 5.21 Å². The topological polar surface area (TPSA) is 76.4 Å². The van der Waals surface area contributed by atoms with Gasteiger partial charge in [-0.1, -0.05) is 23.4 Å². The van der Waals surface area contributed by atoms with Gasteiger partial charge in [-0.25, -0.2) is 0 Å². The molecule has 0 aliphatic rings. The van der Waals surface area contributed by atoms with Gasteiger partial charge in [0.1, 0.15) is 0 Å². The first-order valence-corrected chi connectivity index (χ1v) is 6.10. The molecule has 0 aliphatic heterocycles. The Morgan fingerprint density at radius 2 is 2.11 bits per heavy atom. The number of hydrogen-bond acceptors (Lipinski definition) is 3. The lowest BCUT2D eigenvalue weighted by Crippen LogP contribution is -2.13. The third-order valence-corrected chi connectivity index (χ3v) is 3.41. The Hall–Kier alpha value is -2.30. The van der Waals surface area contributed by atoms with E-state index in [9.17, 15) is 0 Å². The number of amidine groups is 1. The fourth-order valence-corrected chi connectivity index (χ4v) is 2.00. The summed E-state index contributed by atoms with van der Waals surface area (Å²) in [5.41, 5.74) is 10.8. The summed E-state index contributed by atoms with van der Waals surface area (Å²) in [6.07, 6.45) is 0. The summed E-state index contributed by atoms with van der Waals surface area (Å²) in [6, 6.07) is 7.60. The molecule has 0 spiro atoms. The van der Waals surface area contributed by atoms with Crippen molar-refractivity contribution in [3.63, 3.8) is 0 Å². The minimum Gasteiger partial charge on any atom is -0.409 e. The van der Waals surface area contributed by atoms with Crippen LogP contribution in [0.25, 0.3) is 0 Å². The first-order chi connectivity index (χ1) is 9.02. The Kier molecular flexibility index (Phi) is 3.55. The molecule has 1 aromatic heterocycles. The molecular formula is C14H18N4O. The van der Waals surface area contributed by atoms with Crippen molar-refractivity contribution in [2.24, 2.45) is 10.9 Å². The number of nitrogens with zero attached hydrogens (tertiary/aromatic N) is 3. The predicted molar refractivity (Wildman–Crippen MR) is 74.5 cm³/mol. The Morgan fingerprint density at radius 3 is 2.68 bits per heavy atom. The van der Waals surface area contributed by atoms with E-state index < -0.39 is 0 Å². The molecule has 0 saturated heterocycles. The van der Waals surface area contributed by atoms with Gasteiger partial charge in [-0.05, 0) is 38.0 Å². The zero-order chi connectivity index (χ0) is 14.0. The molecule has 0 saturated carbocycles. The van der Waals surface area contributed by atoms with Crippen LogP contribution < -0.4 is 5.73 Å². The van der Waals surface area contributed by atoms with Crippen LogP contribution in [0.5, 0.6) is 0 Å². The Balaban J connectivity index is 2.31. The van der Waals surface area contributed by atoms with E-state index in [1.165, 1.54) is 5.56 Å². The number of aryl methyl sites for hydroxylation is 1. The molecule has 1 aromatic carbocycles. The van der Waals surface area contributed by atoms with Gasteiger partial charge in [0, 0.05) is 11.3 Å². The number of oxime groups is 1. The molecule has 5 nitrogen and oxygen atoms in total. The van der Waals surface area contributed by atoms with Gasteiger partial charge in [0.25, 0.3) is 0 Å². The van der Waals surface area contributed by atoms with Crippen LogP contribution in [0.15, 0.2) is 29.4 Å². The van der Waals surface area contributed by atoms with E-state index in [0.717, 1.165) is 17.0 Å². The predicted octanol–water partition coefficient (Wildman–Crippen LogP) is 1.95. The van der Waals surface area contributed by atoms with Gasteiger partial charge >= 0.3 is 0 Å². The van der Waals surface area contributed by atoms with Crippen LogP contribution in [-0.2, 0) is 6.54 Å². The van der Waals surface area contributed by atoms with E-state index in [0.29, 0.717) is 12.1 Å². The minimum absolute atomic E-state index is 0.117. The van der Waals surface area contributed by atoms with Crippen LogP contribution in [0.2, 0.25) is 0 Å². The van der Waals surface area contributed by atoms with Crippen LogP contribution in [0.3, 0.4) is 0 Å². The molecule has 0 unspecified atom stereocenters. The van der Waals surface area contributed by atoms with E-state index in [1.807, 2.05) is 35.9 Å². The van der Waals surface area contributed by atoms with E-state index in [1.54, 1.807) is 0 Å². The molecule has 19 heavy (non-hydrogen) atoms. The molecule has 5 heteroatoms. The van der Waals surface area contributed by atoms with Gasteiger partial charge < -0.3 is 10.9 Å². The lowest BCUT2D eigenvalue weighted by Gasteiger charge is -2.07. The maximum absolute atomic E-state index is 8.70. The molecule has 0 fully saturated rings. The zero-order valence-electron chi connectivity index (χ0n) is 11.4. The van der Waals surface area contributed by atoms with Gasteiger partial charge in [0.2, 0.25) is 0 Å². The van der Waals surface area contributed by atoms with Crippen molar-refractivity contribution >= 4 is 5.84 Å². The lowest BCUT2D eigenvalue weighted by molar-refractivity contribution is 0.318. The standard InChI is InChI=1S/C14H18N4O/c1-9-10(2)16-18(11(9)3)8-12-5-4-6-13(7-12)14(15)17-19/h4-7,19H,8H2,1-3H3,(H2,15,17). The molecular weight excluding hydrogens is 240 g/mol. The summed E-state index contributed by atoms with van der Waals surface area (Å²) < 4.78 is 1.97. The third kappa shape index (κ3) is 2.59. The summed E-state index contributed by atoms with van der Waals surface area (Å²) in [7, 11) is 0. The van der Waals surface area contributed by atoms with Gasteiger partial charge in [0.05, 0.1) is 12.2 Å². The van der Waals surface area contributed by atoms with E-state index in [4.69, 9.17) is 10.9 Å². The number of aromatic nitrogens is 2. The average Bonchev–Trinajstić information content (AvgIpc) is 2.66. The van der Waals surface area contributed by atoms with Crippen molar-refractivity contribution in [1.82, 2.24) is 9.78 Å². The maximum atomic E-state index is 8.70. The van der Waals surface area contributed by atoms with Gasteiger partial charge in [0.15, 0.2) is 5.84 Å². The summed E-state index contributed by atoms with van der Waals surface area (Å²) in [6.45, 7) is 6.81. The van der Waals surface area contributed by atoms with Crippen molar-refractivity contribution in [3.05, 3.63) is 52.3 Å². The Labute approximate surface area is 112 Å². The lowest BCUT2D eigenvalue weighted by atomic mass is 10.1. The maximum Gasteiger partial charge on any atom is 0.170 e. The van der Waals surface area contributed by atoms with Gasteiger partial charge in [-0.15, -0.1) is 0 Å². The highest BCUT2D eigenvalue weighted by molar-refractivity contribution is 5.97. The fraction of sp³-hybridized carbons (Fsp3) is 0.286. The van der Waals surface area contributed by atoms with Crippen LogP contribution in [0.1, 0.15) is 28.1 Å². The Bertz CT molecular complexity index is 628. The smallest absolute Gasteiger partial charge is 0.170 e. The number of hydrogen-bond donors (Lipinski definition) is 2. The second kappa shape index (κ2) is 5.14. The first-order valence-electron chi connectivity index (χ1n) is 6.10. The average molecular weight is 258 g/mol. The second-order valence-electron chi connectivity index (χ2n) is 4.64. The molecule has 0 radical (unpaired) electrons. The van der Waals surface area contributed by atoms with Crippen LogP contribution in [0.4, 0.5) is 0 Å². The largest absolute Gasteiger partial charge is 0.409 e. The van der Waals surface area contributed by atoms with Crippen LogP contribution in [0, 0.1) is 20.8 Å². The molecule has 0 atom stereocenters. The Morgan fingerprint density at radius 1 is 1.37 bits per heavy atom. The minimum atomic E-state index is 0.117. The summed E-state index contributed by atoms with van der Waals surface area (Å²) in [4.78, 5) is 0. The van der Waals surface area contributed by atoms with Crippen LogP contribution >= 0.6 is 0 Å². The quantitative estimate of drug-likeness (QED) is 0.382. The van der Waals surface area contributed by atoms with Crippen molar-refractivity contribution in [1.29, 1.82) is 0 Å². The van der Waals surface area contributed by atoms with Crippen molar-refractivity contribution in [2.45, 2.75) is 27.3 Å². The monoisotopic (exact) mass is 258 g/mol. The molecule has 3 N–H and O–H groups in total. The molecule has 2 rings (SSSR count). The van der Waals surface area contributed by atoms with E-state index >= 15 is 0 Å². The first kappa shape index (κ1) is 13.1. The van der Waals surface area contributed by atoms with Crippen molar-refractivity contribution in [2.75, 3.05) is 0 Å². The van der Waals surface area contributed by atoms with Gasteiger partial charge in [-0.3, -0.25) is 4.68 Å². The number of rotatable bonds is 3. The fourth-order valence-electron chi connectivity index (χ4n) is 2.00. The highest BCUT2D eigenvalue weighted by Gasteiger charge is 2.08. The van der Waals surface area contributed by atoms with Gasteiger partial charge in [-0.2, -0.15) is 5.10 Å². The summed E-state index contributed by atoms with van der Waals surface area (Å²) in [5, 5.41) is 16.2.